The lowest BCUT2D eigenvalue weighted by molar-refractivity contribution is -0.138. The van der Waals surface area contributed by atoms with Crippen molar-refractivity contribution in [3.05, 3.63) is 70.8 Å². The minimum absolute atomic E-state index is 0.0890. The fourth-order valence-corrected chi connectivity index (χ4v) is 3.29. The Morgan fingerprint density at radius 2 is 1.68 bits per heavy atom. The van der Waals surface area contributed by atoms with E-state index in [1.54, 1.807) is 51.5 Å². The highest BCUT2D eigenvalue weighted by molar-refractivity contribution is 6.22. The van der Waals surface area contributed by atoms with Crippen molar-refractivity contribution >= 4 is 23.7 Å². The number of hydrogen-bond acceptors (Lipinski definition) is 6. The maximum atomic E-state index is 12.8. The van der Waals surface area contributed by atoms with E-state index in [2.05, 4.69) is 0 Å². The van der Waals surface area contributed by atoms with E-state index in [9.17, 15) is 19.2 Å². The van der Waals surface area contributed by atoms with Gasteiger partial charge in [0.1, 0.15) is 0 Å². The minimum atomic E-state index is -1.13. The molecule has 2 aromatic rings. The molecule has 0 saturated carbocycles. The molecule has 0 bridgehead atoms. The second-order valence-corrected chi connectivity index (χ2v) is 7.30. The first-order valence-electron chi connectivity index (χ1n) is 9.81. The van der Waals surface area contributed by atoms with Crippen molar-refractivity contribution in [2.24, 2.45) is 0 Å². The number of carbonyl (C=O) groups is 4. The molecule has 0 fully saturated rings. The average molecular weight is 424 g/mol. The van der Waals surface area contributed by atoms with Crippen molar-refractivity contribution in [3.63, 3.8) is 0 Å². The molecule has 1 atom stereocenters. The summed E-state index contributed by atoms with van der Waals surface area (Å²) in [7, 11) is 4.69. The van der Waals surface area contributed by atoms with Crippen LogP contribution in [0.25, 0.3) is 0 Å². The fraction of sp³-hybridized carbons (Fsp3) is 0.304. The van der Waals surface area contributed by atoms with E-state index in [0.717, 1.165) is 4.90 Å². The summed E-state index contributed by atoms with van der Waals surface area (Å²) in [5.41, 5.74) is 1.01. The van der Waals surface area contributed by atoms with Crippen LogP contribution in [0.4, 0.5) is 0 Å². The number of esters is 1. The van der Waals surface area contributed by atoms with Crippen LogP contribution in [-0.4, -0.2) is 67.8 Å². The second kappa shape index (κ2) is 9.53. The van der Waals surface area contributed by atoms with Crippen LogP contribution in [0.3, 0.4) is 0 Å². The monoisotopic (exact) mass is 424 g/mol. The normalized spacial score (nSPS) is 13.7. The van der Waals surface area contributed by atoms with Crippen molar-refractivity contribution in [1.29, 1.82) is 0 Å². The van der Waals surface area contributed by atoms with Gasteiger partial charge in [0.2, 0.25) is 6.10 Å². The molecule has 1 heterocycles. The Hall–Kier alpha value is -3.52. The molecule has 2 aromatic carbocycles. The largest absolute Gasteiger partial charge is 0.444 e. The summed E-state index contributed by atoms with van der Waals surface area (Å²) in [6.07, 6.45) is -0.609. The molecular weight excluding hydrogens is 400 g/mol. The number of likely N-dealkylation sites (N-methyl/N-ethyl adjacent to an activating group) is 1. The number of rotatable bonds is 8. The van der Waals surface area contributed by atoms with E-state index in [-0.39, 0.29) is 23.2 Å². The molecule has 8 nitrogen and oxygen atoms in total. The molecule has 0 saturated heterocycles. The molecule has 3 rings (SSSR count). The maximum Gasteiger partial charge on any atom is 0.339 e. The zero-order valence-electron chi connectivity index (χ0n) is 17.7. The first-order chi connectivity index (χ1) is 14.8. The van der Waals surface area contributed by atoms with Crippen LogP contribution in [0, 0.1) is 0 Å². The van der Waals surface area contributed by atoms with Crippen molar-refractivity contribution < 1.29 is 28.7 Å². The van der Waals surface area contributed by atoms with E-state index < -0.39 is 29.8 Å². The van der Waals surface area contributed by atoms with Crippen LogP contribution < -0.4 is 0 Å². The Morgan fingerprint density at radius 1 is 1.00 bits per heavy atom. The molecule has 0 aromatic heterocycles. The van der Waals surface area contributed by atoms with Gasteiger partial charge >= 0.3 is 5.97 Å². The van der Waals surface area contributed by atoms with Crippen molar-refractivity contribution in [2.45, 2.75) is 12.5 Å². The smallest absolute Gasteiger partial charge is 0.339 e. The standard InChI is InChI=1S/C23H24N2O6/c1-24(2)22(28)19(15-8-5-4-6-9-15)31-23(29)16-10-11-17-18(14-16)21(27)25(20(17)26)12-7-13-30-3/h4-6,8-11,14,19H,7,12-13H2,1-3H3. The number of carbonyl (C=O) groups excluding carboxylic acids is 4. The molecule has 8 heteroatoms. The predicted molar refractivity (Wildman–Crippen MR) is 112 cm³/mol. The highest BCUT2D eigenvalue weighted by Crippen LogP contribution is 2.26. The predicted octanol–water partition coefficient (Wildman–Crippen LogP) is 2.31. The Balaban J connectivity index is 1.83. The zero-order valence-corrected chi connectivity index (χ0v) is 17.7. The van der Waals surface area contributed by atoms with Crippen LogP contribution in [0.5, 0.6) is 0 Å². The third-order valence-electron chi connectivity index (χ3n) is 4.93. The SMILES string of the molecule is COCCCN1C(=O)c2ccc(C(=O)OC(C(=O)N(C)C)c3ccccc3)cc2C1=O. The summed E-state index contributed by atoms with van der Waals surface area (Å²) in [6.45, 7) is 0.652. The van der Waals surface area contributed by atoms with Crippen molar-refractivity contribution in [3.8, 4) is 0 Å². The van der Waals surface area contributed by atoms with Crippen molar-refractivity contribution in [2.75, 3.05) is 34.4 Å². The zero-order chi connectivity index (χ0) is 22.5. The molecule has 0 N–H and O–H groups in total. The molecule has 1 aliphatic heterocycles. The lowest BCUT2D eigenvalue weighted by Crippen LogP contribution is -2.31. The number of imide groups is 1. The van der Waals surface area contributed by atoms with Crippen molar-refractivity contribution in [1.82, 2.24) is 9.80 Å². The Kier molecular flexibility index (Phi) is 6.81. The Morgan fingerprint density at radius 3 is 2.32 bits per heavy atom. The number of ether oxygens (including phenoxy) is 2. The van der Waals surface area contributed by atoms with Gasteiger partial charge in [-0.15, -0.1) is 0 Å². The quantitative estimate of drug-likeness (QED) is 0.367. The molecule has 31 heavy (non-hydrogen) atoms. The summed E-state index contributed by atoms with van der Waals surface area (Å²) in [4.78, 5) is 53.1. The van der Waals surface area contributed by atoms with Gasteiger partial charge in [-0.3, -0.25) is 19.3 Å². The van der Waals surface area contributed by atoms with Gasteiger partial charge in [-0.1, -0.05) is 30.3 Å². The van der Waals surface area contributed by atoms with E-state index in [4.69, 9.17) is 9.47 Å². The second-order valence-electron chi connectivity index (χ2n) is 7.30. The molecule has 1 unspecified atom stereocenters. The highest BCUT2D eigenvalue weighted by atomic mass is 16.5. The van der Waals surface area contributed by atoms with Gasteiger partial charge in [-0.05, 0) is 24.6 Å². The first-order valence-corrected chi connectivity index (χ1v) is 9.81. The average Bonchev–Trinajstić information content (AvgIpc) is 3.01. The van der Waals surface area contributed by atoms with Crippen LogP contribution in [0.15, 0.2) is 48.5 Å². The molecule has 0 aliphatic carbocycles. The molecule has 3 amide bonds. The number of nitrogens with zero attached hydrogens (tertiary/aromatic N) is 2. The van der Waals surface area contributed by atoms with Crippen LogP contribution in [0.2, 0.25) is 0 Å². The molecule has 1 aliphatic rings. The van der Waals surface area contributed by atoms with Gasteiger partial charge in [-0.2, -0.15) is 0 Å². The molecule has 0 spiro atoms. The van der Waals surface area contributed by atoms with Crippen LogP contribution >= 0.6 is 0 Å². The molecule has 0 radical (unpaired) electrons. The topological polar surface area (TPSA) is 93.2 Å². The van der Waals surface area contributed by atoms with Gasteiger partial charge < -0.3 is 14.4 Å². The van der Waals surface area contributed by atoms with Gasteiger partial charge in [0.05, 0.1) is 16.7 Å². The first kappa shape index (κ1) is 22.2. The van der Waals surface area contributed by atoms with E-state index in [1.807, 2.05) is 0 Å². The van der Waals surface area contributed by atoms with Crippen LogP contribution in [0.1, 0.15) is 49.2 Å². The summed E-state index contributed by atoms with van der Waals surface area (Å²) in [6, 6.07) is 12.9. The molecule has 162 valence electrons. The summed E-state index contributed by atoms with van der Waals surface area (Å²) < 4.78 is 10.5. The lowest BCUT2D eigenvalue weighted by atomic mass is 10.1. The third kappa shape index (κ3) is 4.64. The number of amides is 3. The number of hydrogen-bond donors (Lipinski definition) is 0. The number of fused-ring (bicyclic) bond motifs is 1. The van der Waals surface area contributed by atoms with E-state index in [1.165, 1.54) is 23.1 Å². The Bertz CT molecular complexity index is 1000. The van der Waals surface area contributed by atoms with Gasteiger partial charge in [-0.25, -0.2) is 4.79 Å². The number of methoxy groups -OCH3 is 1. The van der Waals surface area contributed by atoms with Gasteiger partial charge in [0.15, 0.2) is 0 Å². The fourth-order valence-electron chi connectivity index (χ4n) is 3.29. The lowest BCUT2D eigenvalue weighted by Gasteiger charge is -2.21. The summed E-state index contributed by atoms with van der Waals surface area (Å²) in [5.74, 6) is -2.02. The molecular formula is C23H24N2O6. The van der Waals surface area contributed by atoms with E-state index in [0.29, 0.717) is 18.6 Å². The maximum absolute atomic E-state index is 12.8. The van der Waals surface area contributed by atoms with Crippen LogP contribution in [-0.2, 0) is 14.3 Å². The third-order valence-corrected chi connectivity index (χ3v) is 4.93. The van der Waals surface area contributed by atoms with Gasteiger partial charge in [0, 0.05) is 39.9 Å². The van der Waals surface area contributed by atoms with E-state index >= 15 is 0 Å². The van der Waals surface area contributed by atoms with Gasteiger partial charge in [0.25, 0.3) is 17.7 Å². The summed E-state index contributed by atoms with van der Waals surface area (Å²) in [5, 5.41) is 0. The Labute approximate surface area is 180 Å². The highest BCUT2D eigenvalue weighted by Gasteiger charge is 2.36. The number of benzene rings is 2. The summed E-state index contributed by atoms with van der Waals surface area (Å²) >= 11 is 0. The minimum Gasteiger partial charge on any atom is -0.444 e.